The van der Waals surface area contributed by atoms with E-state index in [1.165, 1.54) is 15.4 Å². The number of nitrogens with one attached hydrogen (secondary N) is 1. The number of rotatable bonds is 5. The Morgan fingerprint density at radius 2 is 1.71 bits per heavy atom. The highest BCUT2D eigenvalue weighted by Gasteiger charge is 2.43. The van der Waals surface area contributed by atoms with Gasteiger partial charge in [-0.3, -0.25) is 14.5 Å². The van der Waals surface area contributed by atoms with Crippen molar-refractivity contribution in [3.05, 3.63) is 82.6 Å². The first-order chi connectivity index (χ1) is 16.1. The first-order valence-electron chi connectivity index (χ1n) is 11.5. The lowest BCUT2D eigenvalue weighted by Gasteiger charge is -2.31. The van der Waals surface area contributed by atoms with Gasteiger partial charge in [-0.25, -0.2) is 4.79 Å². The van der Waals surface area contributed by atoms with E-state index in [0.717, 1.165) is 11.1 Å². The SMILES string of the molecule is CN(Cc1ccccc1)C(=O)CN1CC2=C(C1=O)C(c1ccc(C(C)(C)C)cc1)NC(=O)N2C. The van der Waals surface area contributed by atoms with Gasteiger partial charge in [-0.1, -0.05) is 75.4 Å². The zero-order valence-corrected chi connectivity index (χ0v) is 20.5. The third kappa shape index (κ3) is 4.55. The van der Waals surface area contributed by atoms with Crippen molar-refractivity contribution in [2.45, 2.75) is 38.8 Å². The van der Waals surface area contributed by atoms with Crippen LogP contribution in [0.1, 0.15) is 43.5 Å². The Kier molecular flexibility index (Phi) is 6.21. The molecule has 0 aliphatic carbocycles. The number of amides is 4. The van der Waals surface area contributed by atoms with Crippen LogP contribution >= 0.6 is 0 Å². The van der Waals surface area contributed by atoms with E-state index in [2.05, 4.69) is 26.1 Å². The maximum absolute atomic E-state index is 13.4. The highest BCUT2D eigenvalue weighted by molar-refractivity contribution is 6.02. The number of likely N-dealkylation sites (N-methyl/N-ethyl adjacent to an activating group) is 2. The summed E-state index contributed by atoms with van der Waals surface area (Å²) in [4.78, 5) is 43.6. The van der Waals surface area contributed by atoms with Gasteiger partial charge < -0.3 is 15.1 Å². The number of hydrogen-bond acceptors (Lipinski definition) is 3. The molecule has 2 aliphatic rings. The first-order valence-corrected chi connectivity index (χ1v) is 11.5. The maximum atomic E-state index is 13.4. The fourth-order valence-electron chi connectivity index (χ4n) is 4.41. The molecular formula is C27H32N4O3. The van der Waals surface area contributed by atoms with Crippen molar-refractivity contribution in [2.75, 3.05) is 27.2 Å². The second-order valence-electron chi connectivity index (χ2n) is 10.1. The third-order valence-corrected chi connectivity index (χ3v) is 6.56. The predicted octanol–water partition coefficient (Wildman–Crippen LogP) is 3.44. The van der Waals surface area contributed by atoms with Crippen molar-refractivity contribution in [3.8, 4) is 0 Å². The Morgan fingerprint density at radius 3 is 2.32 bits per heavy atom. The normalized spacial score (nSPS) is 18.2. The lowest BCUT2D eigenvalue weighted by atomic mass is 9.85. The van der Waals surface area contributed by atoms with Crippen molar-refractivity contribution < 1.29 is 14.4 Å². The summed E-state index contributed by atoms with van der Waals surface area (Å²) in [6, 6.07) is 17.0. The topological polar surface area (TPSA) is 73.0 Å². The molecule has 0 aromatic heterocycles. The molecule has 1 N–H and O–H groups in total. The number of hydrogen-bond donors (Lipinski definition) is 1. The number of carbonyl (C=O) groups is 3. The molecule has 0 bridgehead atoms. The fourth-order valence-corrected chi connectivity index (χ4v) is 4.41. The van der Waals surface area contributed by atoms with Crippen molar-refractivity contribution >= 4 is 17.8 Å². The Balaban J connectivity index is 1.53. The molecule has 4 rings (SSSR count). The van der Waals surface area contributed by atoms with Gasteiger partial charge in [0.15, 0.2) is 0 Å². The summed E-state index contributed by atoms with van der Waals surface area (Å²) in [7, 11) is 3.39. The van der Waals surface area contributed by atoms with Gasteiger partial charge >= 0.3 is 6.03 Å². The number of benzene rings is 2. The van der Waals surface area contributed by atoms with Crippen LogP contribution in [0, 0.1) is 0 Å². The van der Waals surface area contributed by atoms with Crippen LogP contribution in [0.15, 0.2) is 65.9 Å². The molecule has 1 atom stereocenters. The molecule has 2 aromatic carbocycles. The van der Waals surface area contributed by atoms with Crippen molar-refractivity contribution in [3.63, 3.8) is 0 Å². The van der Waals surface area contributed by atoms with Gasteiger partial charge in [-0.2, -0.15) is 0 Å². The molecule has 0 saturated heterocycles. The molecule has 178 valence electrons. The van der Waals surface area contributed by atoms with Crippen molar-refractivity contribution in [1.29, 1.82) is 0 Å². The standard InChI is InChI=1S/C27H32N4O3/c1-27(2,3)20-13-11-19(12-14-20)24-23-21(30(5)26(34)28-24)16-31(25(23)33)17-22(32)29(4)15-18-9-7-6-8-10-18/h6-14,24H,15-17H2,1-5H3,(H,28,34). The maximum Gasteiger partial charge on any atom is 0.322 e. The molecule has 1 unspecified atom stereocenters. The summed E-state index contributed by atoms with van der Waals surface area (Å²) >= 11 is 0. The van der Waals surface area contributed by atoms with Crippen LogP contribution < -0.4 is 5.32 Å². The predicted molar refractivity (Wildman–Crippen MR) is 131 cm³/mol. The van der Waals surface area contributed by atoms with Crippen LogP contribution in [0.5, 0.6) is 0 Å². The van der Waals surface area contributed by atoms with Gasteiger partial charge in [0.05, 0.1) is 23.9 Å². The molecule has 0 spiro atoms. The van der Waals surface area contributed by atoms with E-state index in [4.69, 9.17) is 0 Å². The minimum absolute atomic E-state index is 0.00506. The number of nitrogens with zero attached hydrogens (tertiary/aromatic N) is 3. The van der Waals surface area contributed by atoms with E-state index in [0.29, 0.717) is 17.8 Å². The van der Waals surface area contributed by atoms with Crippen LogP contribution in [-0.4, -0.2) is 59.7 Å². The summed E-state index contributed by atoms with van der Waals surface area (Å²) in [5.41, 5.74) is 4.24. The van der Waals surface area contributed by atoms with Gasteiger partial charge in [-0.15, -0.1) is 0 Å². The molecule has 2 aromatic rings. The van der Waals surface area contributed by atoms with Crippen LogP contribution in [-0.2, 0) is 21.5 Å². The largest absolute Gasteiger partial charge is 0.340 e. The van der Waals surface area contributed by atoms with E-state index in [-0.39, 0.29) is 36.3 Å². The van der Waals surface area contributed by atoms with Crippen LogP contribution in [0.4, 0.5) is 4.79 Å². The first kappa shape index (κ1) is 23.5. The van der Waals surface area contributed by atoms with Crippen molar-refractivity contribution in [1.82, 2.24) is 20.0 Å². The van der Waals surface area contributed by atoms with E-state index in [1.54, 1.807) is 19.0 Å². The highest BCUT2D eigenvalue weighted by atomic mass is 16.2. The van der Waals surface area contributed by atoms with Crippen LogP contribution in [0.25, 0.3) is 0 Å². The Hall–Kier alpha value is -3.61. The van der Waals surface area contributed by atoms with Crippen LogP contribution in [0.3, 0.4) is 0 Å². The molecule has 7 heteroatoms. The van der Waals surface area contributed by atoms with E-state index in [1.807, 2.05) is 54.6 Å². The molecule has 0 radical (unpaired) electrons. The minimum Gasteiger partial charge on any atom is -0.340 e. The smallest absolute Gasteiger partial charge is 0.322 e. The third-order valence-electron chi connectivity index (χ3n) is 6.56. The van der Waals surface area contributed by atoms with Gasteiger partial charge in [0, 0.05) is 20.6 Å². The highest BCUT2D eigenvalue weighted by Crippen LogP contribution is 2.36. The van der Waals surface area contributed by atoms with Gasteiger partial charge in [0.2, 0.25) is 5.91 Å². The molecule has 7 nitrogen and oxygen atoms in total. The summed E-state index contributed by atoms with van der Waals surface area (Å²) < 4.78 is 0. The van der Waals surface area contributed by atoms with E-state index < -0.39 is 6.04 Å². The van der Waals surface area contributed by atoms with Crippen molar-refractivity contribution in [2.24, 2.45) is 0 Å². The lowest BCUT2D eigenvalue weighted by molar-refractivity contribution is -0.137. The van der Waals surface area contributed by atoms with Gasteiger partial charge in [0.25, 0.3) is 5.91 Å². The molecular weight excluding hydrogens is 428 g/mol. The summed E-state index contributed by atoms with van der Waals surface area (Å²) in [6.07, 6.45) is 0. The average Bonchev–Trinajstić information content (AvgIpc) is 3.12. The summed E-state index contributed by atoms with van der Waals surface area (Å²) in [5.74, 6) is -0.363. The lowest BCUT2D eigenvalue weighted by Crippen LogP contribution is -2.45. The molecule has 34 heavy (non-hydrogen) atoms. The average molecular weight is 461 g/mol. The second kappa shape index (κ2) is 8.97. The van der Waals surface area contributed by atoms with E-state index >= 15 is 0 Å². The summed E-state index contributed by atoms with van der Waals surface area (Å²) in [5, 5.41) is 2.96. The second-order valence-corrected chi connectivity index (χ2v) is 10.1. The molecule has 2 heterocycles. The zero-order chi connectivity index (χ0) is 24.6. The van der Waals surface area contributed by atoms with Gasteiger partial charge in [0.1, 0.15) is 6.54 Å². The fraction of sp³-hybridized carbons (Fsp3) is 0.370. The molecule has 4 amide bonds. The number of carbonyl (C=O) groups excluding carboxylic acids is 3. The van der Waals surface area contributed by atoms with Crippen LogP contribution in [0.2, 0.25) is 0 Å². The molecule has 2 aliphatic heterocycles. The zero-order valence-electron chi connectivity index (χ0n) is 20.5. The van der Waals surface area contributed by atoms with Gasteiger partial charge in [-0.05, 0) is 22.1 Å². The molecule has 0 fully saturated rings. The minimum atomic E-state index is -0.539. The quantitative estimate of drug-likeness (QED) is 0.743. The monoisotopic (exact) mass is 460 g/mol. The van der Waals surface area contributed by atoms with E-state index in [9.17, 15) is 14.4 Å². The number of urea groups is 1. The Labute approximate surface area is 201 Å². The summed E-state index contributed by atoms with van der Waals surface area (Å²) in [6.45, 7) is 7.10. The Bertz CT molecular complexity index is 1130. The molecule has 0 saturated carbocycles. The Morgan fingerprint density at radius 1 is 1.06 bits per heavy atom.